The van der Waals surface area contributed by atoms with Gasteiger partial charge in [-0.2, -0.15) is 0 Å². The van der Waals surface area contributed by atoms with Gasteiger partial charge in [-0.15, -0.1) is 0 Å². The van der Waals surface area contributed by atoms with Gasteiger partial charge in [-0.3, -0.25) is 9.78 Å². The van der Waals surface area contributed by atoms with Gasteiger partial charge in [-0.05, 0) is 0 Å². The van der Waals surface area contributed by atoms with Crippen molar-refractivity contribution in [1.82, 2.24) is 15.6 Å². The largest absolute Gasteiger partial charge is 0.493 e. The molecular formula is C11H17N3O3. The van der Waals surface area contributed by atoms with Crippen LogP contribution in [0.3, 0.4) is 0 Å². The Balaban J connectivity index is 2.67. The number of nitrogens with one attached hydrogen (secondary N) is 2. The molecule has 0 aliphatic rings. The number of aromatic nitrogens is 1. The Morgan fingerprint density at radius 2 is 2.18 bits per heavy atom. The maximum Gasteiger partial charge on any atom is 0.233 e. The highest BCUT2D eigenvalue weighted by atomic mass is 16.5. The molecule has 0 radical (unpaired) electrons. The number of amides is 1. The molecule has 1 rings (SSSR count). The van der Waals surface area contributed by atoms with Crippen LogP contribution in [0.4, 0.5) is 0 Å². The Morgan fingerprint density at radius 3 is 2.76 bits per heavy atom. The van der Waals surface area contributed by atoms with Gasteiger partial charge in [0.2, 0.25) is 5.91 Å². The van der Waals surface area contributed by atoms with Crippen LogP contribution in [-0.4, -0.2) is 38.7 Å². The summed E-state index contributed by atoms with van der Waals surface area (Å²) in [5, 5.41) is 5.49. The molecule has 0 aliphatic carbocycles. The number of nitrogens with zero attached hydrogens (tertiary/aromatic N) is 1. The topological polar surface area (TPSA) is 72.5 Å². The summed E-state index contributed by atoms with van der Waals surface area (Å²) in [6.07, 6.45) is 1.64. The average molecular weight is 239 g/mol. The van der Waals surface area contributed by atoms with Crippen molar-refractivity contribution in [3.05, 3.63) is 18.0 Å². The predicted molar refractivity (Wildman–Crippen MR) is 63.1 cm³/mol. The Labute approximate surface area is 100 Å². The molecule has 1 aromatic rings. The number of ether oxygens (including phenoxy) is 2. The highest BCUT2D eigenvalue weighted by Crippen LogP contribution is 2.28. The summed E-state index contributed by atoms with van der Waals surface area (Å²) in [4.78, 5) is 15.2. The van der Waals surface area contributed by atoms with E-state index in [9.17, 15) is 4.79 Å². The Bertz CT molecular complexity index is 382. The quantitative estimate of drug-likeness (QED) is 0.727. The minimum atomic E-state index is -0.0770. The van der Waals surface area contributed by atoms with Crippen LogP contribution in [0.25, 0.3) is 0 Å². The predicted octanol–water partition coefficient (Wildman–Crippen LogP) is -0.0656. The van der Waals surface area contributed by atoms with Crippen LogP contribution in [0.2, 0.25) is 0 Å². The summed E-state index contributed by atoms with van der Waals surface area (Å²) in [5.41, 5.74) is 0.704. The van der Waals surface area contributed by atoms with E-state index >= 15 is 0 Å². The molecule has 2 N–H and O–H groups in total. The number of carbonyl (C=O) groups excluding carboxylic acids is 1. The number of hydrogen-bond donors (Lipinski definition) is 2. The van der Waals surface area contributed by atoms with Crippen molar-refractivity contribution in [3.63, 3.8) is 0 Å². The van der Waals surface area contributed by atoms with Crippen LogP contribution < -0.4 is 20.1 Å². The minimum absolute atomic E-state index is 0.0770. The lowest BCUT2D eigenvalue weighted by Gasteiger charge is -2.11. The van der Waals surface area contributed by atoms with Crippen molar-refractivity contribution in [2.24, 2.45) is 0 Å². The van der Waals surface area contributed by atoms with Crippen molar-refractivity contribution >= 4 is 5.91 Å². The first-order valence-electron chi connectivity index (χ1n) is 5.20. The van der Waals surface area contributed by atoms with Crippen molar-refractivity contribution in [2.75, 3.05) is 27.8 Å². The van der Waals surface area contributed by atoms with E-state index in [-0.39, 0.29) is 12.5 Å². The van der Waals surface area contributed by atoms with Crippen LogP contribution in [0.1, 0.15) is 5.69 Å². The number of pyridine rings is 1. The average Bonchev–Trinajstić information content (AvgIpc) is 2.37. The van der Waals surface area contributed by atoms with E-state index in [1.165, 1.54) is 0 Å². The number of hydrogen-bond acceptors (Lipinski definition) is 5. The molecular weight excluding hydrogens is 222 g/mol. The molecule has 6 nitrogen and oxygen atoms in total. The normalized spacial score (nSPS) is 9.82. The van der Waals surface area contributed by atoms with E-state index in [1.54, 1.807) is 33.5 Å². The van der Waals surface area contributed by atoms with Gasteiger partial charge in [0.1, 0.15) is 0 Å². The number of methoxy groups -OCH3 is 2. The second-order valence-electron chi connectivity index (χ2n) is 3.27. The van der Waals surface area contributed by atoms with E-state index < -0.39 is 0 Å². The zero-order valence-electron chi connectivity index (χ0n) is 10.2. The molecule has 0 saturated carbocycles. The van der Waals surface area contributed by atoms with Gasteiger partial charge >= 0.3 is 0 Å². The molecule has 0 unspecified atom stereocenters. The molecule has 6 heteroatoms. The lowest BCUT2D eigenvalue weighted by atomic mass is 10.3. The Kier molecular flexibility index (Phi) is 5.22. The van der Waals surface area contributed by atoms with E-state index in [2.05, 4.69) is 15.6 Å². The van der Waals surface area contributed by atoms with Crippen LogP contribution in [0.5, 0.6) is 11.5 Å². The molecule has 1 heterocycles. The summed E-state index contributed by atoms with van der Waals surface area (Å²) < 4.78 is 10.4. The molecule has 17 heavy (non-hydrogen) atoms. The third-order valence-electron chi connectivity index (χ3n) is 2.22. The first kappa shape index (κ1) is 13.2. The highest BCUT2D eigenvalue weighted by Gasteiger charge is 2.10. The maximum absolute atomic E-state index is 11.0. The van der Waals surface area contributed by atoms with Crippen LogP contribution in [-0.2, 0) is 11.3 Å². The van der Waals surface area contributed by atoms with Gasteiger partial charge < -0.3 is 20.1 Å². The van der Waals surface area contributed by atoms with Crippen molar-refractivity contribution in [3.8, 4) is 11.5 Å². The molecule has 0 fully saturated rings. The molecule has 0 aromatic carbocycles. The zero-order chi connectivity index (χ0) is 12.7. The Morgan fingerprint density at radius 1 is 1.41 bits per heavy atom. The molecule has 0 saturated heterocycles. The summed E-state index contributed by atoms with van der Waals surface area (Å²) >= 11 is 0. The molecule has 0 atom stereocenters. The van der Waals surface area contributed by atoms with Gasteiger partial charge in [0, 0.05) is 25.9 Å². The smallest absolute Gasteiger partial charge is 0.233 e. The summed E-state index contributed by atoms with van der Waals surface area (Å²) in [6, 6.07) is 1.72. The molecule has 1 aromatic heterocycles. The monoisotopic (exact) mass is 239 g/mol. The number of carbonyl (C=O) groups is 1. The summed E-state index contributed by atoms with van der Waals surface area (Å²) in [7, 11) is 4.72. The van der Waals surface area contributed by atoms with E-state index in [1.807, 2.05) is 0 Å². The van der Waals surface area contributed by atoms with Crippen LogP contribution in [0.15, 0.2) is 12.3 Å². The minimum Gasteiger partial charge on any atom is -0.493 e. The lowest BCUT2D eigenvalue weighted by Crippen LogP contribution is -2.31. The van der Waals surface area contributed by atoms with Crippen LogP contribution in [0, 0.1) is 0 Å². The molecule has 94 valence electrons. The van der Waals surface area contributed by atoms with Crippen molar-refractivity contribution < 1.29 is 14.3 Å². The number of likely N-dealkylation sites (N-methyl/N-ethyl adjacent to an activating group) is 1. The van der Waals surface area contributed by atoms with E-state index in [0.29, 0.717) is 23.7 Å². The standard InChI is InChI=1S/C11H17N3O3/c1-12-10(15)7-13-6-8-11(17-3)9(16-2)4-5-14-8/h4-5,13H,6-7H2,1-3H3,(H,12,15). The molecule has 0 spiro atoms. The SMILES string of the molecule is CNC(=O)CNCc1nccc(OC)c1OC. The first-order valence-corrected chi connectivity index (χ1v) is 5.20. The fourth-order valence-electron chi connectivity index (χ4n) is 1.36. The van der Waals surface area contributed by atoms with Gasteiger partial charge in [-0.25, -0.2) is 0 Å². The van der Waals surface area contributed by atoms with Gasteiger partial charge in [0.05, 0.1) is 26.5 Å². The van der Waals surface area contributed by atoms with Gasteiger partial charge in [0.25, 0.3) is 0 Å². The van der Waals surface area contributed by atoms with Gasteiger partial charge in [-0.1, -0.05) is 0 Å². The maximum atomic E-state index is 11.0. The molecule has 0 bridgehead atoms. The highest BCUT2D eigenvalue weighted by molar-refractivity contribution is 5.77. The third kappa shape index (κ3) is 3.60. The van der Waals surface area contributed by atoms with E-state index in [0.717, 1.165) is 0 Å². The molecule has 1 amide bonds. The second kappa shape index (κ2) is 6.70. The van der Waals surface area contributed by atoms with Crippen LogP contribution >= 0.6 is 0 Å². The van der Waals surface area contributed by atoms with E-state index in [4.69, 9.17) is 9.47 Å². The Hall–Kier alpha value is -1.82. The zero-order valence-corrected chi connectivity index (χ0v) is 10.2. The van der Waals surface area contributed by atoms with Gasteiger partial charge in [0.15, 0.2) is 11.5 Å². The van der Waals surface area contributed by atoms with Crippen molar-refractivity contribution in [1.29, 1.82) is 0 Å². The van der Waals surface area contributed by atoms with Crippen molar-refractivity contribution in [2.45, 2.75) is 6.54 Å². The second-order valence-corrected chi connectivity index (χ2v) is 3.27. The fourth-order valence-corrected chi connectivity index (χ4v) is 1.36. The summed E-state index contributed by atoms with van der Waals surface area (Å²) in [6.45, 7) is 0.673. The lowest BCUT2D eigenvalue weighted by molar-refractivity contribution is -0.119. The fraction of sp³-hybridized carbons (Fsp3) is 0.455. The third-order valence-corrected chi connectivity index (χ3v) is 2.22. The number of rotatable bonds is 6. The first-order chi connectivity index (χ1) is 8.22. The molecule has 0 aliphatic heterocycles. The summed E-state index contributed by atoms with van der Waals surface area (Å²) in [5.74, 6) is 1.13.